The van der Waals surface area contributed by atoms with Crippen LogP contribution in [0.1, 0.15) is 63.5 Å². The predicted octanol–water partition coefficient (Wildman–Crippen LogP) is 5.21. The maximum atomic E-state index is 14.9. The van der Waals surface area contributed by atoms with Gasteiger partial charge in [-0.15, -0.1) is 0 Å². The lowest BCUT2D eigenvalue weighted by atomic mass is 9.71. The largest absolute Gasteiger partial charge is 0.351 e. The van der Waals surface area contributed by atoms with E-state index in [-0.39, 0.29) is 23.7 Å². The molecule has 5 nitrogen and oxygen atoms in total. The van der Waals surface area contributed by atoms with Crippen molar-refractivity contribution in [3.8, 4) is 0 Å². The summed E-state index contributed by atoms with van der Waals surface area (Å²) in [5.74, 6) is -0.682. The van der Waals surface area contributed by atoms with Gasteiger partial charge in [-0.25, -0.2) is 13.6 Å². The van der Waals surface area contributed by atoms with Crippen molar-refractivity contribution in [1.82, 2.24) is 15.1 Å². The van der Waals surface area contributed by atoms with Crippen molar-refractivity contribution >= 4 is 11.9 Å². The van der Waals surface area contributed by atoms with Gasteiger partial charge in [0.25, 0.3) is 0 Å². The Morgan fingerprint density at radius 2 is 1.60 bits per heavy atom. The minimum atomic E-state index is -1.02. The molecule has 1 atom stereocenters. The van der Waals surface area contributed by atoms with Gasteiger partial charge in [0, 0.05) is 43.2 Å². The zero-order valence-corrected chi connectivity index (χ0v) is 20.8. The van der Waals surface area contributed by atoms with Gasteiger partial charge in [-0.2, -0.15) is 0 Å². The normalized spacial score (nSPS) is 20.4. The summed E-state index contributed by atoms with van der Waals surface area (Å²) in [6, 6.07) is 12.9. The average Bonchev–Trinajstić information content (AvgIpc) is 2.83. The van der Waals surface area contributed by atoms with Crippen LogP contribution in [0.15, 0.2) is 48.5 Å². The monoisotopic (exact) mass is 483 g/mol. The summed E-state index contributed by atoms with van der Waals surface area (Å²) in [6.45, 7) is 7.75. The van der Waals surface area contributed by atoms with Crippen LogP contribution in [0.2, 0.25) is 0 Å². The number of hydrogen-bond donors (Lipinski definition) is 1. The number of urea groups is 1. The zero-order chi connectivity index (χ0) is 25.2. The van der Waals surface area contributed by atoms with Gasteiger partial charge in [0.2, 0.25) is 5.91 Å². The van der Waals surface area contributed by atoms with Gasteiger partial charge in [0.05, 0.1) is 5.41 Å². The molecule has 4 rings (SSSR count). The smallest absolute Gasteiger partial charge is 0.320 e. The van der Waals surface area contributed by atoms with Crippen LogP contribution in [0.4, 0.5) is 13.6 Å². The number of carbonyl (C=O) groups excluding carboxylic acids is 2. The molecule has 0 spiro atoms. The Balaban J connectivity index is 1.48. The zero-order valence-electron chi connectivity index (χ0n) is 20.8. The first-order chi connectivity index (χ1) is 16.6. The molecule has 0 radical (unpaired) electrons. The van der Waals surface area contributed by atoms with Crippen LogP contribution in [-0.2, 0) is 10.2 Å². The van der Waals surface area contributed by atoms with E-state index in [2.05, 4.69) is 5.32 Å². The van der Waals surface area contributed by atoms with E-state index >= 15 is 0 Å². The molecule has 7 heteroatoms. The molecule has 3 amide bonds. The quantitative estimate of drug-likeness (QED) is 0.651. The molecular weight excluding hydrogens is 448 g/mol. The van der Waals surface area contributed by atoms with Crippen LogP contribution in [0.5, 0.6) is 0 Å². The minimum Gasteiger partial charge on any atom is -0.351 e. The maximum absolute atomic E-state index is 14.9. The molecule has 2 aromatic carbocycles. The molecule has 2 aliphatic rings. The molecule has 2 heterocycles. The van der Waals surface area contributed by atoms with Crippen LogP contribution in [0, 0.1) is 11.6 Å². The first-order valence-corrected chi connectivity index (χ1v) is 12.5. The minimum absolute atomic E-state index is 0.0461. The summed E-state index contributed by atoms with van der Waals surface area (Å²) >= 11 is 0. The van der Waals surface area contributed by atoms with E-state index in [0.717, 1.165) is 18.4 Å². The summed E-state index contributed by atoms with van der Waals surface area (Å²) in [5, 5.41) is 3.04. The first-order valence-electron chi connectivity index (χ1n) is 12.5. The van der Waals surface area contributed by atoms with Crippen LogP contribution < -0.4 is 5.32 Å². The standard InChI is InChI=1S/C28H35F2N3O2/c1-27(2,3)31-25(34)28(23-8-4-5-9-24(23)30)14-17-32(18-15-28)26(35)33-16-6-7-21(19-33)20-10-12-22(29)13-11-20/h4-5,8-13,21H,6-7,14-19H2,1-3H3,(H,31,34)/t21-/m0/s1. The van der Waals surface area contributed by atoms with E-state index in [1.54, 1.807) is 35.2 Å². The van der Waals surface area contributed by atoms with Gasteiger partial charge in [0.1, 0.15) is 11.6 Å². The van der Waals surface area contributed by atoms with Crippen LogP contribution in [0.25, 0.3) is 0 Å². The van der Waals surface area contributed by atoms with Crippen molar-refractivity contribution in [2.24, 2.45) is 0 Å². The second-order valence-corrected chi connectivity index (χ2v) is 10.9. The molecule has 0 aromatic heterocycles. The maximum Gasteiger partial charge on any atom is 0.320 e. The molecule has 0 bridgehead atoms. The predicted molar refractivity (Wildman–Crippen MR) is 132 cm³/mol. The molecule has 188 valence electrons. The van der Waals surface area contributed by atoms with Crippen molar-refractivity contribution in [2.45, 2.75) is 63.3 Å². The number of carbonyl (C=O) groups is 2. The third-order valence-corrected chi connectivity index (χ3v) is 7.23. The Bertz CT molecular complexity index is 1060. The van der Waals surface area contributed by atoms with E-state index < -0.39 is 16.8 Å². The molecular formula is C28H35F2N3O2. The SMILES string of the molecule is CC(C)(C)NC(=O)C1(c2ccccc2F)CCN(C(=O)N2CCC[C@H](c3ccc(F)cc3)C2)CC1. The number of nitrogens with one attached hydrogen (secondary N) is 1. The fourth-order valence-electron chi connectivity index (χ4n) is 5.37. The Hall–Kier alpha value is -2.96. The van der Waals surface area contributed by atoms with Gasteiger partial charge in [-0.3, -0.25) is 4.79 Å². The van der Waals surface area contributed by atoms with Crippen LogP contribution in [-0.4, -0.2) is 53.5 Å². The third kappa shape index (κ3) is 5.49. The molecule has 35 heavy (non-hydrogen) atoms. The second-order valence-electron chi connectivity index (χ2n) is 10.9. The van der Waals surface area contributed by atoms with E-state index in [4.69, 9.17) is 0 Å². The third-order valence-electron chi connectivity index (χ3n) is 7.23. The van der Waals surface area contributed by atoms with Gasteiger partial charge < -0.3 is 15.1 Å². The van der Waals surface area contributed by atoms with Gasteiger partial charge in [-0.05, 0) is 70.2 Å². The summed E-state index contributed by atoms with van der Waals surface area (Å²) in [7, 11) is 0. The Labute approximate surface area is 206 Å². The van der Waals surface area contributed by atoms with Crippen molar-refractivity contribution in [3.05, 3.63) is 71.3 Å². The summed E-state index contributed by atoms with van der Waals surface area (Å²) in [4.78, 5) is 30.5. The first kappa shape index (κ1) is 25.1. The van der Waals surface area contributed by atoms with Crippen molar-refractivity contribution in [2.75, 3.05) is 26.2 Å². The summed E-state index contributed by atoms with van der Waals surface area (Å²) in [5.41, 5.74) is -0.0393. The highest BCUT2D eigenvalue weighted by Gasteiger charge is 2.46. The van der Waals surface area contributed by atoms with Crippen molar-refractivity contribution < 1.29 is 18.4 Å². The van der Waals surface area contributed by atoms with Crippen molar-refractivity contribution in [3.63, 3.8) is 0 Å². The lowest BCUT2D eigenvalue weighted by molar-refractivity contribution is -0.130. The summed E-state index contributed by atoms with van der Waals surface area (Å²) < 4.78 is 28.2. The van der Waals surface area contributed by atoms with Gasteiger partial charge >= 0.3 is 6.03 Å². The average molecular weight is 484 g/mol. The fourth-order valence-corrected chi connectivity index (χ4v) is 5.37. The fraction of sp³-hybridized carbons (Fsp3) is 0.500. The highest BCUT2D eigenvalue weighted by molar-refractivity contribution is 5.89. The number of likely N-dealkylation sites (tertiary alicyclic amines) is 2. The van der Waals surface area contributed by atoms with E-state index in [1.807, 2.05) is 25.7 Å². The number of benzene rings is 2. The number of nitrogens with zero attached hydrogens (tertiary/aromatic N) is 2. The lowest BCUT2D eigenvalue weighted by Crippen LogP contribution is -2.58. The Morgan fingerprint density at radius 3 is 2.23 bits per heavy atom. The Morgan fingerprint density at radius 1 is 0.943 bits per heavy atom. The number of piperidine rings is 2. The van der Waals surface area contributed by atoms with Crippen LogP contribution in [0.3, 0.4) is 0 Å². The highest BCUT2D eigenvalue weighted by atomic mass is 19.1. The summed E-state index contributed by atoms with van der Waals surface area (Å²) in [6.07, 6.45) is 2.56. The number of rotatable bonds is 3. The molecule has 2 aromatic rings. The van der Waals surface area contributed by atoms with Crippen molar-refractivity contribution in [1.29, 1.82) is 0 Å². The van der Waals surface area contributed by atoms with Gasteiger partial charge in [0.15, 0.2) is 0 Å². The van der Waals surface area contributed by atoms with E-state index in [0.29, 0.717) is 44.6 Å². The van der Waals surface area contributed by atoms with Crippen LogP contribution >= 0.6 is 0 Å². The molecule has 1 N–H and O–H groups in total. The molecule has 2 fully saturated rings. The van der Waals surface area contributed by atoms with E-state index in [9.17, 15) is 18.4 Å². The number of hydrogen-bond acceptors (Lipinski definition) is 2. The second kappa shape index (κ2) is 9.96. The topological polar surface area (TPSA) is 52.7 Å². The Kier molecular flexibility index (Phi) is 7.15. The molecule has 2 aliphatic heterocycles. The molecule has 0 aliphatic carbocycles. The lowest BCUT2D eigenvalue weighted by Gasteiger charge is -2.44. The number of halogens is 2. The molecule has 2 saturated heterocycles. The van der Waals surface area contributed by atoms with Gasteiger partial charge in [-0.1, -0.05) is 30.3 Å². The molecule has 0 unspecified atom stereocenters. The highest BCUT2D eigenvalue weighted by Crippen LogP contribution is 2.38. The van der Waals surface area contributed by atoms with E-state index in [1.165, 1.54) is 18.2 Å². The molecule has 0 saturated carbocycles. The number of amides is 3.